The maximum Gasteiger partial charge on any atom is 0.416 e. The first-order valence-corrected chi connectivity index (χ1v) is 7.89. The lowest BCUT2D eigenvalue weighted by atomic mass is 9.84. The van der Waals surface area contributed by atoms with Crippen LogP contribution in [0.25, 0.3) is 0 Å². The van der Waals surface area contributed by atoms with Crippen molar-refractivity contribution in [1.82, 2.24) is 5.32 Å². The number of rotatable bonds is 3. The Morgan fingerprint density at radius 1 is 1.18 bits per heavy atom. The van der Waals surface area contributed by atoms with Crippen LogP contribution in [0.2, 0.25) is 0 Å². The number of alkyl halides is 3. The van der Waals surface area contributed by atoms with Gasteiger partial charge in [-0.15, -0.1) is 0 Å². The summed E-state index contributed by atoms with van der Waals surface area (Å²) in [5.74, 6) is -0.364. The van der Waals surface area contributed by atoms with E-state index in [0.29, 0.717) is 18.4 Å². The van der Waals surface area contributed by atoms with Crippen LogP contribution in [0.5, 0.6) is 0 Å². The number of benzene rings is 1. The highest BCUT2D eigenvalue weighted by atomic mass is 19.4. The summed E-state index contributed by atoms with van der Waals surface area (Å²) >= 11 is 0. The number of carbonyl (C=O) groups is 1. The minimum absolute atomic E-state index is 0.0959. The number of hydrogen-bond donors (Lipinski definition) is 1. The van der Waals surface area contributed by atoms with Gasteiger partial charge in [0.2, 0.25) is 5.91 Å². The third-order valence-electron chi connectivity index (χ3n) is 4.35. The number of halogens is 3. The van der Waals surface area contributed by atoms with Gasteiger partial charge in [0.05, 0.1) is 5.56 Å². The van der Waals surface area contributed by atoms with E-state index < -0.39 is 11.7 Å². The first kappa shape index (κ1) is 16.8. The monoisotopic (exact) mass is 313 g/mol. The topological polar surface area (TPSA) is 29.1 Å². The molecule has 0 spiro atoms. The fraction of sp³-hybridized carbons (Fsp3) is 0.588. The molecule has 1 aliphatic rings. The SMILES string of the molecule is CCC(=O)NC1CCCCCC1c1ccccc1C(F)(F)F. The van der Waals surface area contributed by atoms with Gasteiger partial charge in [-0.05, 0) is 24.5 Å². The molecule has 0 bridgehead atoms. The van der Waals surface area contributed by atoms with Crippen LogP contribution in [0, 0.1) is 0 Å². The maximum atomic E-state index is 13.3. The van der Waals surface area contributed by atoms with Gasteiger partial charge in [-0.2, -0.15) is 13.2 Å². The standard InChI is InChI=1S/C17H22F3NO/c1-2-16(22)21-15-11-5-3-4-9-13(15)12-8-6-7-10-14(12)17(18,19)20/h6-8,10,13,15H,2-5,9,11H2,1H3,(H,21,22). The van der Waals surface area contributed by atoms with Gasteiger partial charge in [0.25, 0.3) is 0 Å². The van der Waals surface area contributed by atoms with Crippen molar-refractivity contribution in [2.24, 2.45) is 0 Å². The van der Waals surface area contributed by atoms with Crippen LogP contribution in [0.3, 0.4) is 0 Å². The molecule has 1 amide bonds. The van der Waals surface area contributed by atoms with Crippen LogP contribution < -0.4 is 5.32 Å². The Kier molecular flexibility index (Phi) is 5.48. The van der Waals surface area contributed by atoms with Gasteiger partial charge in [0.15, 0.2) is 0 Å². The molecule has 5 heteroatoms. The molecule has 0 aromatic heterocycles. The first-order valence-electron chi connectivity index (χ1n) is 7.89. The molecule has 1 N–H and O–H groups in total. The van der Waals surface area contributed by atoms with Crippen LogP contribution in [0.1, 0.15) is 62.5 Å². The smallest absolute Gasteiger partial charge is 0.353 e. The number of nitrogens with one attached hydrogen (secondary N) is 1. The van der Waals surface area contributed by atoms with Crippen LogP contribution in [0.4, 0.5) is 13.2 Å². The summed E-state index contributed by atoms with van der Waals surface area (Å²) in [6.07, 6.45) is 0.259. The zero-order chi connectivity index (χ0) is 16.2. The molecule has 22 heavy (non-hydrogen) atoms. The van der Waals surface area contributed by atoms with Crippen molar-refractivity contribution >= 4 is 5.91 Å². The van der Waals surface area contributed by atoms with Gasteiger partial charge in [0.1, 0.15) is 0 Å². The minimum Gasteiger partial charge on any atom is -0.353 e. The van der Waals surface area contributed by atoms with E-state index in [1.807, 2.05) is 0 Å². The van der Waals surface area contributed by atoms with Gasteiger partial charge in [-0.1, -0.05) is 44.4 Å². The molecule has 0 heterocycles. The number of carbonyl (C=O) groups excluding carboxylic acids is 1. The second kappa shape index (κ2) is 7.16. The Morgan fingerprint density at radius 2 is 1.86 bits per heavy atom. The molecule has 2 rings (SSSR count). The van der Waals surface area contributed by atoms with Gasteiger partial charge < -0.3 is 5.32 Å². The third-order valence-corrected chi connectivity index (χ3v) is 4.35. The largest absolute Gasteiger partial charge is 0.416 e. The van der Waals surface area contributed by atoms with Crippen LogP contribution in [-0.2, 0) is 11.0 Å². The molecule has 122 valence electrons. The number of hydrogen-bond acceptors (Lipinski definition) is 1. The highest BCUT2D eigenvalue weighted by molar-refractivity contribution is 5.76. The van der Waals surface area contributed by atoms with Crippen LogP contribution in [-0.4, -0.2) is 11.9 Å². The fourth-order valence-corrected chi connectivity index (χ4v) is 3.24. The lowest BCUT2D eigenvalue weighted by Gasteiger charge is -2.28. The van der Waals surface area contributed by atoms with Crippen molar-refractivity contribution in [3.63, 3.8) is 0 Å². The maximum absolute atomic E-state index is 13.3. The highest BCUT2D eigenvalue weighted by Crippen LogP contribution is 2.40. The van der Waals surface area contributed by atoms with Crippen LogP contribution >= 0.6 is 0 Å². The van der Waals surface area contributed by atoms with Crippen molar-refractivity contribution in [2.75, 3.05) is 0 Å². The molecule has 2 nitrogen and oxygen atoms in total. The third kappa shape index (κ3) is 4.02. The molecule has 1 fully saturated rings. The summed E-state index contributed by atoms with van der Waals surface area (Å²) in [4.78, 5) is 11.7. The lowest BCUT2D eigenvalue weighted by Crippen LogP contribution is -2.39. The Labute approximate surface area is 129 Å². The van der Waals surface area contributed by atoms with E-state index in [9.17, 15) is 18.0 Å². The van der Waals surface area contributed by atoms with Gasteiger partial charge in [-0.3, -0.25) is 4.79 Å². The molecular formula is C17H22F3NO. The molecule has 0 aliphatic heterocycles. The summed E-state index contributed by atoms with van der Waals surface area (Å²) in [6.45, 7) is 1.75. The van der Waals surface area contributed by atoms with Crippen LogP contribution in [0.15, 0.2) is 24.3 Å². The Morgan fingerprint density at radius 3 is 2.55 bits per heavy atom. The second-order valence-electron chi connectivity index (χ2n) is 5.86. The summed E-state index contributed by atoms with van der Waals surface area (Å²) < 4.78 is 39.8. The summed E-state index contributed by atoms with van der Waals surface area (Å²) in [7, 11) is 0. The van der Waals surface area contributed by atoms with Crippen molar-refractivity contribution in [3.05, 3.63) is 35.4 Å². The molecule has 2 unspecified atom stereocenters. The van der Waals surface area contributed by atoms with E-state index in [0.717, 1.165) is 31.7 Å². The van der Waals surface area contributed by atoms with E-state index in [1.54, 1.807) is 19.1 Å². The molecule has 0 saturated heterocycles. The minimum atomic E-state index is -4.36. The second-order valence-corrected chi connectivity index (χ2v) is 5.86. The zero-order valence-corrected chi connectivity index (χ0v) is 12.7. The van der Waals surface area contributed by atoms with Gasteiger partial charge in [0, 0.05) is 18.4 Å². The van der Waals surface area contributed by atoms with E-state index in [4.69, 9.17) is 0 Å². The summed E-state index contributed by atoms with van der Waals surface area (Å²) in [5, 5.41) is 2.93. The summed E-state index contributed by atoms with van der Waals surface area (Å²) in [5.41, 5.74) is -0.254. The molecule has 1 saturated carbocycles. The molecule has 1 aliphatic carbocycles. The average Bonchev–Trinajstić information content (AvgIpc) is 2.71. The van der Waals surface area contributed by atoms with Gasteiger partial charge in [-0.25, -0.2) is 0 Å². The molecule has 1 aromatic carbocycles. The molecule has 0 radical (unpaired) electrons. The number of amides is 1. The Hall–Kier alpha value is -1.52. The zero-order valence-electron chi connectivity index (χ0n) is 12.7. The van der Waals surface area contributed by atoms with Crippen molar-refractivity contribution in [1.29, 1.82) is 0 Å². The van der Waals surface area contributed by atoms with E-state index in [1.165, 1.54) is 6.07 Å². The van der Waals surface area contributed by atoms with Gasteiger partial charge >= 0.3 is 6.18 Å². The predicted octanol–water partition coefficient (Wildman–Crippen LogP) is 4.65. The first-order chi connectivity index (χ1) is 10.4. The normalized spacial score (nSPS) is 22.9. The average molecular weight is 313 g/mol. The molecule has 2 atom stereocenters. The van der Waals surface area contributed by atoms with Crippen molar-refractivity contribution in [3.8, 4) is 0 Å². The Bertz CT molecular complexity index is 513. The van der Waals surface area contributed by atoms with Crippen molar-refractivity contribution in [2.45, 2.75) is 63.6 Å². The van der Waals surface area contributed by atoms with E-state index in [-0.39, 0.29) is 17.9 Å². The quantitative estimate of drug-likeness (QED) is 0.809. The van der Waals surface area contributed by atoms with Crippen molar-refractivity contribution < 1.29 is 18.0 Å². The predicted molar refractivity (Wildman–Crippen MR) is 79.5 cm³/mol. The fourth-order valence-electron chi connectivity index (χ4n) is 3.24. The van der Waals surface area contributed by atoms with E-state index in [2.05, 4.69) is 5.32 Å². The summed E-state index contributed by atoms with van der Waals surface area (Å²) in [6, 6.07) is 5.55. The molecular weight excluding hydrogens is 291 g/mol. The van der Waals surface area contributed by atoms with E-state index >= 15 is 0 Å². The molecule has 1 aromatic rings. The highest BCUT2D eigenvalue weighted by Gasteiger charge is 2.37. The lowest BCUT2D eigenvalue weighted by molar-refractivity contribution is -0.138. The Balaban J connectivity index is 2.35.